The molecule has 0 aliphatic heterocycles. The molecule has 1 aromatic heterocycles. The molecule has 0 unspecified atom stereocenters. The molecule has 1 heterocycles. The first-order valence-electron chi connectivity index (χ1n) is 2.31. The Kier molecular flexibility index (Phi) is 1.46. The number of hydrogen-bond donors (Lipinski definition) is 3. The second kappa shape index (κ2) is 2.27. The van der Waals surface area contributed by atoms with Crippen LogP contribution in [0.4, 0.5) is 11.8 Å². The Balaban J connectivity index is 2.94. The smallest absolute Gasteiger partial charge is 0.248 e. The van der Waals surface area contributed by atoms with Crippen LogP contribution >= 0.6 is 0 Å². The van der Waals surface area contributed by atoms with Crippen LogP contribution in [0.3, 0.4) is 0 Å². The van der Waals surface area contributed by atoms with Gasteiger partial charge >= 0.3 is 0 Å². The lowest BCUT2D eigenvalue weighted by molar-refractivity contribution is 0.382. The molecule has 0 bridgehead atoms. The highest BCUT2D eigenvalue weighted by atomic mass is 16.5. The lowest BCUT2D eigenvalue weighted by Crippen LogP contribution is -1.98. The number of aromatic nitrogens is 2. The Morgan fingerprint density at radius 2 is 2.44 bits per heavy atom. The molecule has 9 heavy (non-hydrogen) atoms. The zero-order chi connectivity index (χ0) is 6.69. The van der Waals surface area contributed by atoms with Gasteiger partial charge in [-0.25, -0.2) is 10.5 Å². The summed E-state index contributed by atoms with van der Waals surface area (Å²) in [7, 11) is 0. The molecule has 4 N–H and O–H groups in total. The molecule has 48 valence electrons. The number of nitrogens with zero attached hydrogens (tertiary/aromatic N) is 2. The van der Waals surface area contributed by atoms with E-state index in [0.29, 0.717) is 5.82 Å². The summed E-state index contributed by atoms with van der Waals surface area (Å²) >= 11 is 0. The largest absolute Gasteiger partial charge is 0.384 e. The van der Waals surface area contributed by atoms with Gasteiger partial charge in [-0.1, -0.05) is 0 Å². The van der Waals surface area contributed by atoms with Gasteiger partial charge in [-0.2, -0.15) is 4.98 Å². The molecule has 1 aromatic rings. The van der Waals surface area contributed by atoms with Crippen molar-refractivity contribution >= 4 is 11.8 Å². The predicted molar refractivity (Wildman–Crippen MR) is 31.9 cm³/mol. The molecule has 1 rings (SSSR count). The molecule has 0 aliphatic carbocycles. The van der Waals surface area contributed by atoms with E-state index in [1.165, 1.54) is 12.3 Å². The summed E-state index contributed by atoms with van der Waals surface area (Å²) in [5, 5.41) is 8.23. The average molecular weight is 126 g/mol. The Hall–Kier alpha value is -1.36. The minimum atomic E-state index is 0.106. The van der Waals surface area contributed by atoms with Crippen LogP contribution in [0.5, 0.6) is 0 Å². The standard InChI is InChI=1S/C4H6N4O/c5-3-1-2-6-4(7-3)8-9/h1-2,9H,(H3,5,6,7,8). The van der Waals surface area contributed by atoms with Gasteiger partial charge in [-0.3, -0.25) is 5.21 Å². The Labute approximate surface area is 51.5 Å². The molecule has 0 amide bonds. The Morgan fingerprint density at radius 1 is 1.67 bits per heavy atom. The summed E-state index contributed by atoms with van der Waals surface area (Å²) in [6, 6.07) is 1.53. The van der Waals surface area contributed by atoms with Gasteiger partial charge in [0.1, 0.15) is 5.82 Å². The van der Waals surface area contributed by atoms with Crippen LogP contribution in [0.15, 0.2) is 12.3 Å². The highest BCUT2D eigenvalue weighted by molar-refractivity contribution is 5.33. The van der Waals surface area contributed by atoms with Gasteiger partial charge in [0.05, 0.1) is 0 Å². The topological polar surface area (TPSA) is 84.1 Å². The predicted octanol–water partition coefficient (Wildman–Crippen LogP) is -0.140. The van der Waals surface area contributed by atoms with Crippen LogP contribution in [0.25, 0.3) is 0 Å². The molecule has 0 radical (unpaired) electrons. The summed E-state index contributed by atoms with van der Waals surface area (Å²) in [4.78, 5) is 7.20. The van der Waals surface area contributed by atoms with Crippen LogP contribution in [-0.4, -0.2) is 15.2 Å². The quantitative estimate of drug-likeness (QED) is 0.456. The van der Waals surface area contributed by atoms with E-state index in [1.807, 2.05) is 0 Å². The van der Waals surface area contributed by atoms with Crippen LogP contribution in [-0.2, 0) is 0 Å². The third-order valence-corrected chi connectivity index (χ3v) is 0.777. The lowest BCUT2D eigenvalue weighted by atomic mass is 10.6. The van der Waals surface area contributed by atoms with E-state index in [2.05, 4.69) is 9.97 Å². The third kappa shape index (κ3) is 1.26. The van der Waals surface area contributed by atoms with Gasteiger partial charge in [0.2, 0.25) is 5.95 Å². The number of nitrogens with two attached hydrogens (primary N) is 1. The molecule has 0 saturated carbocycles. The van der Waals surface area contributed by atoms with E-state index >= 15 is 0 Å². The summed E-state index contributed by atoms with van der Waals surface area (Å²) < 4.78 is 0. The first-order chi connectivity index (χ1) is 4.33. The second-order valence-electron chi connectivity index (χ2n) is 1.42. The van der Waals surface area contributed by atoms with Gasteiger partial charge in [-0.05, 0) is 6.07 Å². The fourth-order valence-corrected chi connectivity index (χ4v) is 0.427. The van der Waals surface area contributed by atoms with E-state index in [4.69, 9.17) is 10.9 Å². The number of hydrogen-bond acceptors (Lipinski definition) is 5. The average Bonchev–Trinajstić information content (AvgIpc) is 1.88. The number of anilines is 2. The first-order valence-corrected chi connectivity index (χ1v) is 2.31. The van der Waals surface area contributed by atoms with Crippen molar-refractivity contribution in [2.45, 2.75) is 0 Å². The van der Waals surface area contributed by atoms with Gasteiger partial charge in [0.15, 0.2) is 0 Å². The maximum absolute atomic E-state index is 8.23. The summed E-state index contributed by atoms with van der Waals surface area (Å²) in [5.41, 5.74) is 7.00. The van der Waals surface area contributed by atoms with Crippen molar-refractivity contribution in [2.75, 3.05) is 11.2 Å². The van der Waals surface area contributed by atoms with Crippen molar-refractivity contribution in [3.8, 4) is 0 Å². The van der Waals surface area contributed by atoms with Crippen LogP contribution < -0.4 is 11.2 Å². The minimum Gasteiger partial charge on any atom is -0.384 e. The summed E-state index contributed by atoms with van der Waals surface area (Å²) in [5.74, 6) is 0.427. The normalized spacial score (nSPS) is 9.00. The zero-order valence-corrected chi connectivity index (χ0v) is 4.57. The second-order valence-corrected chi connectivity index (χ2v) is 1.42. The maximum atomic E-state index is 8.23. The van der Waals surface area contributed by atoms with Crippen molar-refractivity contribution in [3.63, 3.8) is 0 Å². The molecule has 0 atom stereocenters. The van der Waals surface area contributed by atoms with Crippen molar-refractivity contribution < 1.29 is 5.21 Å². The van der Waals surface area contributed by atoms with E-state index in [1.54, 1.807) is 5.48 Å². The third-order valence-electron chi connectivity index (χ3n) is 0.777. The summed E-state index contributed by atoms with van der Waals surface area (Å²) in [6.07, 6.45) is 1.45. The summed E-state index contributed by atoms with van der Waals surface area (Å²) in [6.45, 7) is 0. The molecular weight excluding hydrogens is 120 g/mol. The number of rotatable bonds is 1. The highest BCUT2D eigenvalue weighted by Gasteiger charge is 1.89. The molecular formula is C4H6N4O. The molecule has 5 nitrogen and oxygen atoms in total. The molecule has 0 saturated heterocycles. The molecule has 5 heteroatoms. The molecule has 0 aromatic carbocycles. The highest BCUT2D eigenvalue weighted by Crippen LogP contribution is 1.98. The van der Waals surface area contributed by atoms with Crippen molar-refractivity contribution in [1.29, 1.82) is 0 Å². The van der Waals surface area contributed by atoms with Crippen molar-refractivity contribution in [3.05, 3.63) is 12.3 Å². The van der Waals surface area contributed by atoms with Gasteiger partial charge in [0.25, 0.3) is 0 Å². The van der Waals surface area contributed by atoms with Crippen molar-refractivity contribution in [2.24, 2.45) is 0 Å². The van der Waals surface area contributed by atoms with Crippen LogP contribution in [0.1, 0.15) is 0 Å². The molecule has 0 spiro atoms. The molecule has 0 aliphatic rings. The molecule has 0 fully saturated rings. The van der Waals surface area contributed by atoms with Crippen LogP contribution in [0, 0.1) is 0 Å². The van der Waals surface area contributed by atoms with E-state index < -0.39 is 0 Å². The minimum absolute atomic E-state index is 0.106. The van der Waals surface area contributed by atoms with E-state index in [-0.39, 0.29) is 5.95 Å². The Morgan fingerprint density at radius 3 is 2.89 bits per heavy atom. The van der Waals surface area contributed by atoms with Gasteiger partial charge in [0, 0.05) is 6.20 Å². The Bertz CT molecular complexity index is 202. The van der Waals surface area contributed by atoms with Crippen LogP contribution in [0.2, 0.25) is 0 Å². The van der Waals surface area contributed by atoms with Crippen molar-refractivity contribution in [1.82, 2.24) is 9.97 Å². The van der Waals surface area contributed by atoms with E-state index in [9.17, 15) is 0 Å². The lowest BCUT2D eigenvalue weighted by Gasteiger charge is -1.94. The number of nitrogen functional groups attached to an aromatic ring is 1. The maximum Gasteiger partial charge on any atom is 0.248 e. The SMILES string of the molecule is Nc1ccnc(NO)n1. The van der Waals surface area contributed by atoms with E-state index in [0.717, 1.165) is 0 Å². The monoisotopic (exact) mass is 126 g/mol. The fraction of sp³-hybridized carbons (Fsp3) is 0. The zero-order valence-electron chi connectivity index (χ0n) is 4.57. The van der Waals surface area contributed by atoms with Gasteiger partial charge < -0.3 is 5.73 Å². The fourth-order valence-electron chi connectivity index (χ4n) is 0.427. The number of nitrogens with one attached hydrogen (secondary N) is 1. The van der Waals surface area contributed by atoms with Gasteiger partial charge in [-0.15, -0.1) is 0 Å². The first kappa shape index (κ1) is 5.77.